The Hall–Kier alpha value is -1.40. The summed E-state index contributed by atoms with van der Waals surface area (Å²) in [5, 5.41) is 20.5. The largest absolute Gasteiger partial charge is 0.393 e. The molecule has 0 saturated carbocycles. The molecule has 1 fully saturated rings. The zero-order valence-corrected chi connectivity index (χ0v) is 11.4. The molecule has 0 spiro atoms. The maximum atomic E-state index is 10.8. The Kier molecular flexibility index (Phi) is 4.21. The molecule has 2 heterocycles. The van der Waals surface area contributed by atoms with Crippen LogP contribution in [0.3, 0.4) is 0 Å². The summed E-state index contributed by atoms with van der Waals surface area (Å²) in [7, 11) is 0. The summed E-state index contributed by atoms with van der Waals surface area (Å²) in [6.07, 6.45) is 1.38. The van der Waals surface area contributed by atoms with E-state index in [1.165, 1.54) is 12.1 Å². The molecule has 0 bridgehead atoms. The normalized spacial score (nSPS) is 18.4. The van der Waals surface area contributed by atoms with Gasteiger partial charge in [-0.3, -0.25) is 10.1 Å². The van der Waals surface area contributed by atoms with Crippen molar-refractivity contribution >= 4 is 23.1 Å². The molecule has 1 aliphatic rings. The topological polar surface area (TPSA) is 79.5 Å². The summed E-state index contributed by atoms with van der Waals surface area (Å²) in [4.78, 5) is 16.4. The molecule has 0 radical (unpaired) electrons. The number of anilines is 1. The van der Waals surface area contributed by atoms with Crippen LogP contribution in [0.25, 0.3) is 0 Å². The summed E-state index contributed by atoms with van der Waals surface area (Å²) < 4.78 is 0. The molecular formula is C12H16ClN3O3. The highest BCUT2D eigenvalue weighted by atomic mass is 35.5. The fourth-order valence-electron chi connectivity index (χ4n) is 2.35. The Bertz CT molecular complexity index is 473. The number of halogens is 1. The first-order valence-corrected chi connectivity index (χ1v) is 6.60. The molecule has 1 aromatic rings. The van der Waals surface area contributed by atoms with Crippen LogP contribution in [0, 0.1) is 16.0 Å². The van der Waals surface area contributed by atoms with Gasteiger partial charge in [-0.15, -0.1) is 0 Å². The lowest BCUT2D eigenvalue weighted by molar-refractivity contribution is -0.384. The second kappa shape index (κ2) is 5.71. The van der Waals surface area contributed by atoms with Gasteiger partial charge < -0.3 is 10.0 Å². The predicted molar refractivity (Wildman–Crippen MR) is 72.5 cm³/mol. The van der Waals surface area contributed by atoms with Crippen LogP contribution in [0.2, 0.25) is 5.15 Å². The van der Waals surface area contributed by atoms with Gasteiger partial charge in [0.05, 0.1) is 23.2 Å². The van der Waals surface area contributed by atoms with Crippen molar-refractivity contribution in [2.45, 2.75) is 25.9 Å². The first kappa shape index (κ1) is 14.0. The zero-order valence-electron chi connectivity index (χ0n) is 10.6. The number of hydrogen-bond donors (Lipinski definition) is 1. The number of nitrogens with zero attached hydrogens (tertiary/aromatic N) is 3. The van der Waals surface area contributed by atoms with Crippen LogP contribution < -0.4 is 4.90 Å². The van der Waals surface area contributed by atoms with Gasteiger partial charge in [0, 0.05) is 13.1 Å². The molecule has 6 nitrogen and oxygen atoms in total. The SMILES string of the molecule is CC(O)C1CCN(c2cc([N+](=O)[O-])cc(Cl)n2)CC1. The highest BCUT2D eigenvalue weighted by Crippen LogP contribution is 2.28. The van der Waals surface area contributed by atoms with E-state index in [1.54, 1.807) is 6.92 Å². The van der Waals surface area contributed by atoms with Crippen molar-refractivity contribution in [2.75, 3.05) is 18.0 Å². The zero-order chi connectivity index (χ0) is 14.0. The fraction of sp³-hybridized carbons (Fsp3) is 0.583. The predicted octanol–water partition coefficient (Wildman–Crippen LogP) is 2.24. The third kappa shape index (κ3) is 3.33. The van der Waals surface area contributed by atoms with E-state index in [4.69, 9.17) is 11.6 Å². The fourth-order valence-corrected chi connectivity index (χ4v) is 2.55. The summed E-state index contributed by atoms with van der Waals surface area (Å²) in [6.45, 7) is 3.24. The average molecular weight is 286 g/mol. The quantitative estimate of drug-likeness (QED) is 0.523. The van der Waals surface area contributed by atoms with Gasteiger partial charge in [-0.05, 0) is 25.7 Å². The molecule has 7 heteroatoms. The van der Waals surface area contributed by atoms with Crippen LogP contribution in [0.5, 0.6) is 0 Å². The van der Waals surface area contributed by atoms with Crippen molar-refractivity contribution in [1.29, 1.82) is 0 Å². The smallest absolute Gasteiger partial charge is 0.276 e. The number of rotatable bonds is 3. The van der Waals surface area contributed by atoms with Gasteiger partial charge in [0.1, 0.15) is 11.0 Å². The van der Waals surface area contributed by atoms with Gasteiger partial charge in [-0.25, -0.2) is 4.98 Å². The van der Waals surface area contributed by atoms with E-state index in [0.29, 0.717) is 5.82 Å². The molecule has 19 heavy (non-hydrogen) atoms. The average Bonchev–Trinajstić information content (AvgIpc) is 2.38. The first-order valence-electron chi connectivity index (χ1n) is 6.22. The monoisotopic (exact) mass is 285 g/mol. The van der Waals surface area contributed by atoms with E-state index in [2.05, 4.69) is 4.98 Å². The number of aliphatic hydroxyl groups is 1. The first-order chi connectivity index (χ1) is 8.97. The third-order valence-electron chi connectivity index (χ3n) is 3.52. The molecule has 2 rings (SSSR count). The van der Waals surface area contributed by atoms with Crippen molar-refractivity contribution in [1.82, 2.24) is 4.98 Å². The van der Waals surface area contributed by atoms with Gasteiger partial charge in [-0.2, -0.15) is 0 Å². The Labute approximate surface area is 116 Å². The van der Waals surface area contributed by atoms with Gasteiger partial charge in [-0.1, -0.05) is 11.6 Å². The van der Waals surface area contributed by atoms with E-state index in [1.807, 2.05) is 4.90 Å². The number of aliphatic hydroxyl groups excluding tert-OH is 1. The lowest BCUT2D eigenvalue weighted by Crippen LogP contribution is -2.37. The Morgan fingerprint density at radius 1 is 1.53 bits per heavy atom. The maximum absolute atomic E-state index is 10.8. The minimum absolute atomic E-state index is 0.0485. The van der Waals surface area contributed by atoms with Crippen molar-refractivity contribution in [2.24, 2.45) is 5.92 Å². The summed E-state index contributed by atoms with van der Waals surface area (Å²) in [6, 6.07) is 2.68. The second-order valence-corrected chi connectivity index (χ2v) is 5.22. The highest BCUT2D eigenvalue weighted by Gasteiger charge is 2.24. The molecule has 104 valence electrons. The van der Waals surface area contributed by atoms with Gasteiger partial charge >= 0.3 is 0 Å². The van der Waals surface area contributed by atoms with Gasteiger partial charge in [0.25, 0.3) is 5.69 Å². The van der Waals surface area contributed by atoms with Gasteiger partial charge in [0.2, 0.25) is 0 Å². The van der Waals surface area contributed by atoms with Crippen LogP contribution in [-0.2, 0) is 0 Å². The lowest BCUT2D eigenvalue weighted by Gasteiger charge is -2.33. The molecule has 1 atom stereocenters. The molecule has 0 aliphatic carbocycles. The standard InChI is InChI=1S/C12H16ClN3O3/c1-8(17)9-2-4-15(5-3-9)12-7-10(16(18)19)6-11(13)14-12/h6-9,17H,2-5H2,1H3. The van der Waals surface area contributed by atoms with Crippen LogP contribution in [0.1, 0.15) is 19.8 Å². The summed E-state index contributed by atoms with van der Waals surface area (Å²) in [5.74, 6) is 0.814. The number of nitro groups is 1. The third-order valence-corrected chi connectivity index (χ3v) is 3.72. The highest BCUT2D eigenvalue weighted by molar-refractivity contribution is 6.29. The molecule has 0 amide bonds. The minimum atomic E-state index is -0.473. The number of hydrogen-bond acceptors (Lipinski definition) is 5. The van der Waals surface area contributed by atoms with E-state index >= 15 is 0 Å². The molecule has 1 saturated heterocycles. The van der Waals surface area contributed by atoms with E-state index < -0.39 is 4.92 Å². The number of piperidine rings is 1. The minimum Gasteiger partial charge on any atom is -0.393 e. The van der Waals surface area contributed by atoms with Crippen molar-refractivity contribution in [3.63, 3.8) is 0 Å². The van der Waals surface area contributed by atoms with Crippen molar-refractivity contribution in [3.8, 4) is 0 Å². The maximum Gasteiger partial charge on any atom is 0.276 e. The van der Waals surface area contributed by atoms with Crippen LogP contribution in [-0.4, -0.2) is 34.2 Å². The second-order valence-electron chi connectivity index (χ2n) is 4.83. The molecule has 1 aromatic heterocycles. The van der Waals surface area contributed by atoms with Crippen LogP contribution in [0.4, 0.5) is 11.5 Å². The summed E-state index contributed by atoms with van der Waals surface area (Å²) in [5.41, 5.74) is -0.0485. The Balaban J connectivity index is 2.13. The Morgan fingerprint density at radius 2 is 2.16 bits per heavy atom. The van der Waals surface area contributed by atoms with Crippen LogP contribution >= 0.6 is 11.6 Å². The molecule has 0 aromatic carbocycles. The van der Waals surface area contributed by atoms with E-state index in [-0.39, 0.29) is 22.9 Å². The van der Waals surface area contributed by atoms with E-state index in [0.717, 1.165) is 25.9 Å². The molecule has 1 aliphatic heterocycles. The van der Waals surface area contributed by atoms with Crippen LogP contribution in [0.15, 0.2) is 12.1 Å². The van der Waals surface area contributed by atoms with E-state index in [9.17, 15) is 15.2 Å². The molecule has 1 unspecified atom stereocenters. The van der Waals surface area contributed by atoms with Crippen molar-refractivity contribution < 1.29 is 10.0 Å². The molecular weight excluding hydrogens is 270 g/mol. The lowest BCUT2D eigenvalue weighted by atomic mass is 9.92. The van der Waals surface area contributed by atoms with Gasteiger partial charge in [0.15, 0.2) is 0 Å². The Morgan fingerprint density at radius 3 is 2.68 bits per heavy atom. The number of aromatic nitrogens is 1. The molecule has 1 N–H and O–H groups in total. The van der Waals surface area contributed by atoms with Crippen molar-refractivity contribution in [3.05, 3.63) is 27.4 Å². The summed E-state index contributed by atoms with van der Waals surface area (Å²) >= 11 is 5.81. The number of pyridine rings is 1.